The normalized spacial score (nSPS) is 17.0. The summed E-state index contributed by atoms with van der Waals surface area (Å²) >= 11 is 0. The van der Waals surface area contributed by atoms with Gasteiger partial charge in [-0.2, -0.15) is 0 Å². The highest BCUT2D eigenvalue weighted by atomic mass is 19.1. The Labute approximate surface area is 142 Å². The van der Waals surface area contributed by atoms with E-state index in [2.05, 4.69) is 4.90 Å². The lowest BCUT2D eigenvalue weighted by Crippen LogP contribution is -2.41. The van der Waals surface area contributed by atoms with Crippen LogP contribution in [0.25, 0.3) is 0 Å². The summed E-state index contributed by atoms with van der Waals surface area (Å²) in [6.45, 7) is 1.11. The van der Waals surface area contributed by atoms with Crippen LogP contribution in [-0.4, -0.2) is 34.3 Å². The van der Waals surface area contributed by atoms with E-state index >= 15 is 0 Å². The molecule has 2 atom stereocenters. The standard InChI is InChI=1S/C20H24FNO2/c21-18-8-4-7-17(11-18)20(24)13-22(19(14-23)16-9-10-16)12-15-5-2-1-3-6-15/h1-8,11,16,19-20,23-24H,9-10,12-14H2. The minimum atomic E-state index is -0.780. The van der Waals surface area contributed by atoms with Crippen LogP contribution in [0.2, 0.25) is 0 Å². The van der Waals surface area contributed by atoms with Crippen molar-refractivity contribution in [3.05, 3.63) is 71.5 Å². The summed E-state index contributed by atoms with van der Waals surface area (Å²) < 4.78 is 13.4. The summed E-state index contributed by atoms with van der Waals surface area (Å²) in [6, 6.07) is 16.2. The number of aliphatic hydroxyl groups is 2. The number of nitrogens with zero attached hydrogens (tertiary/aromatic N) is 1. The van der Waals surface area contributed by atoms with Crippen molar-refractivity contribution in [2.24, 2.45) is 5.92 Å². The van der Waals surface area contributed by atoms with Crippen molar-refractivity contribution >= 4 is 0 Å². The second-order valence-electron chi connectivity index (χ2n) is 6.57. The maximum Gasteiger partial charge on any atom is 0.123 e. The largest absolute Gasteiger partial charge is 0.395 e. The molecule has 1 saturated carbocycles. The van der Waals surface area contributed by atoms with Gasteiger partial charge >= 0.3 is 0 Å². The van der Waals surface area contributed by atoms with Crippen molar-refractivity contribution < 1.29 is 14.6 Å². The maximum atomic E-state index is 13.4. The Morgan fingerprint density at radius 2 is 1.83 bits per heavy atom. The maximum absolute atomic E-state index is 13.4. The first-order valence-corrected chi connectivity index (χ1v) is 8.49. The lowest BCUT2D eigenvalue weighted by atomic mass is 10.1. The summed E-state index contributed by atoms with van der Waals surface area (Å²) in [5.41, 5.74) is 1.71. The molecule has 0 spiro atoms. The molecule has 24 heavy (non-hydrogen) atoms. The van der Waals surface area contributed by atoms with Gasteiger partial charge in [-0.3, -0.25) is 4.90 Å². The van der Waals surface area contributed by atoms with Crippen LogP contribution < -0.4 is 0 Å². The van der Waals surface area contributed by atoms with E-state index in [4.69, 9.17) is 0 Å². The van der Waals surface area contributed by atoms with Gasteiger partial charge in [-0.25, -0.2) is 4.39 Å². The lowest BCUT2D eigenvalue weighted by Gasteiger charge is -2.32. The molecule has 0 bridgehead atoms. The summed E-state index contributed by atoms with van der Waals surface area (Å²) in [5.74, 6) is 0.139. The molecule has 0 aromatic heterocycles. The van der Waals surface area contributed by atoms with Gasteiger partial charge in [0.05, 0.1) is 12.7 Å². The van der Waals surface area contributed by atoms with E-state index in [1.165, 1.54) is 12.1 Å². The Bertz CT molecular complexity index is 645. The van der Waals surface area contributed by atoms with Crippen molar-refractivity contribution in [1.29, 1.82) is 0 Å². The lowest BCUT2D eigenvalue weighted by molar-refractivity contribution is 0.0476. The average Bonchev–Trinajstić information content (AvgIpc) is 3.41. The van der Waals surface area contributed by atoms with Crippen molar-refractivity contribution in [3.63, 3.8) is 0 Å². The number of benzene rings is 2. The van der Waals surface area contributed by atoms with Crippen LogP contribution in [0, 0.1) is 11.7 Å². The SMILES string of the molecule is OCC(C1CC1)N(Cc1ccccc1)CC(O)c1cccc(F)c1. The fraction of sp³-hybridized carbons (Fsp3) is 0.400. The number of halogens is 1. The molecule has 3 nitrogen and oxygen atoms in total. The van der Waals surface area contributed by atoms with Crippen LogP contribution in [0.3, 0.4) is 0 Å². The third kappa shape index (κ3) is 4.41. The van der Waals surface area contributed by atoms with Gasteiger partial charge in [0.15, 0.2) is 0 Å². The highest BCUT2D eigenvalue weighted by molar-refractivity contribution is 5.20. The second-order valence-corrected chi connectivity index (χ2v) is 6.57. The van der Waals surface area contributed by atoms with Crippen molar-refractivity contribution in [2.45, 2.75) is 31.5 Å². The van der Waals surface area contributed by atoms with Crippen LogP contribution in [0.5, 0.6) is 0 Å². The van der Waals surface area contributed by atoms with Crippen LogP contribution >= 0.6 is 0 Å². The topological polar surface area (TPSA) is 43.7 Å². The molecule has 1 fully saturated rings. The minimum absolute atomic E-state index is 0.0356. The monoisotopic (exact) mass is 329 g/mol. The molecular formula is C20H24FNO2. The first-order valence-electron chi connectivity index (χ1n) is 8.49. The van der Waals surface area contributed by atoms with Crippen LogP contribution in [0.15, 0.2) is 54.6 Å². The van der Waals surface area contributed by atoms with E-state index in [0.29, 0.717) is 24.6 Å². The second kappa shape index (κ2) is 7.88. The Morgan fingerprint density at radius 1 is 1.08 bits per heavy atom. The fourth-order valence-corrected chi connectivity index (χ4v) is 3.22. The quantitative estimate of drug-likeness (QED) is 0.782. The summed E-state index contributed by atoms with van der Waals surface area (Å²) in [6.07, 6.45) is 1.45. The van der Waals surface area contributed by atoms with Gasteiger partial charge in [0.2, 0.25) is 0 Å². The smallest absolute Gasteiger partial charge is 0.123 e. The molecule has 0 saturated heterocycles. The van der Waals surface area contributed by atoms with E-state index in [0.717, 1.165) is 18.4 Å². The summed E-state index contributed by atoms with van der Waals surface area (Å²) in [5, 5.41) is 20.4. The van der Waals surface area contributed by atoms with Crippen LogP contribution in [0.1, 0.15) is 30.1 Å². The average molecular weight is 329 g/mol. The molecule has 1 aliphatic rings. The molecule has 2 unspecified atom stereocenters. The molecule has 3 rings (SSSR count). The number of rotatable bonds is 8. The fourth-order valence-electron chi connectivity index (χ4n) is 3.22. The van der Waals surface area contributed by atoms with Gasteiger partial charge in [-0.15, -0.1) is 0 Å². The first-order chi connectivity index (χ1) is 11.7. The molecule has 2 aromatic carbocycles. The molecular weight excluding hydrogens is 305 g/mol. The van der Waals surface area contributed by atoms with E-state index in [9.17, 15) is 14.6 Å². The molecule has 0 amide bonds. The molecule has 0 heterocycles. The van der Waals surface area contributed by atoms with Gasteiger partial charge in [-0.05, 0) is 42.0 Å². The van der Waals surface area contributed by atoms with E-state index in [-0.39, 0.29) is 18.5 Å². The van der Waals surface area contributed by atoms with E-state index < -0.39 is 6.10 Å². The number of aliphatic hydroxyl groups excluding tert-OH is 2. The van der Waals surface area contributed by atoms with Gasteiger partial charge in [-0.1, -0.05) is 42.5 Å². The summed E-state index contributed by atoms with van der Waals surface area (Å²) in [7, 11) is 0. The molecule has 0 radical (unpaired) electrons. The number of hydrogen-bond donors (Lipinski definition) is 2. The zero-order valence-corrected chi connectivity index (χ0v) is 13.7. The Kier molecular flexibility index (Phi) is 5.61. The Morgan fingerprint density at radius 3 is 2.46 bits per heavy atom. The minimum Gasteiger partial charge on any atom is -0.395 e. The van der Waals surface area contributed by atoms with Crippen molar-refractivity contribution in [1.82, 2.24) is 4.90 Å². The number of hydrogen-bond acceptors (Lipinski definition) is 3. The van der Waals surface area contributed by atoms with Crippen molar-refractivity contribution in [2.75, 3.05) is 13.2 Å². The van der Waals surface area contributed by atoms with Crippen LogP contribution in [0.4, 0.5) is 4.39 Å². The molecule has 4 heteroatoms. The van der Waals surface area contributed by atoms with E-state index in [1.54, 1.807) is 12.1 Å². The molecule has 1 aliphatic carbocycles. The molecule has 0 aliphatic heterocycles. The highest BCUT2D eigenvalue weighted by Gasteiger charge is 2.35. The first kappa shape index (κ1) is 17.1. The molecule has 2 aromatic rings. The predicted octanol–water partition coefficient (Wildman–Crippen LogP) is 3.13. The molecule has 2 N–H and O–H groups in total. The highest BCUT2D eigenvalue weighted by Crippen LogP contribution is 2.36. The Balaban J connectivity index is 1.76. The van der Waals surface area contributed by atoms with Gasteiger partial charge in [0, 0.05) is 19.1 Å². The summed E-state index contributed by atoms with van der Waals surface area (Å²) in [4.78, 5) is 2.13. The molecule has 128 valence electrons. The third-order valence-corrected chi connectivity index (χ3v) is 4.69. The Hall–Kier alpha value is -1.75. The zero-order valence-electron chi connectivity index (χ0n) is 13.7. The van der Waals surface area contributed by atoms with Gasteiger partial charge in [0.25, 0.3) is 0 Å². The van der Waals surface area contributed by atoms with Gasteiger partial charge in [0.1, 0.15) is 5.82 Å². The predicted molar refractivity (Wildman–Crippen MR) is 91.8 cm³/mol. The zero-order chi connectivity index (χ0) is 16.9. The van der Waals surface area contributed by atoms with E-state index in [1.807, 2.05) is 30.3 Å². The third-order valence-electron chi connectivity index (χ3n) is 4.69. The van der Waals surface area contributed by atoms with Crippen molar-refractivity contribution in [3.8, 4) is 0 Å². The van der Waals surface area contributed by atoms with Gasteiger partial charge < -0.3 is 10.2 Å². The van der Waals surface area contributed by atoms with Crippen LogP contribution in [-0.2, 0) is 6.54 Å².